The number of rotatable bonds is 5. The summed E-state index contributed by atoms with van der Waals surface area (Å²) in [5.74, 6) is -2.21. The average molecular weight is 551 g/mol. The van der Waals surface area contributed by atoms with E-state index in [1.807, 2.05) is 0 Å². The quantitative estimate of drug-likeness (QED) is 0.397. The minimum atomic E-state index is -5.13. The van der Waals surface area contributed by atoms with Gasteiger partial charge in [0.2, 0.25) is 5.91 Å². The number of ether oxygens (including phenoxy) is 1. The van der Waals surface area contributed by atoms with Crippen molar-refractivity contribution in [2.45, 2.75) is 25.4 Å². The zero-order valence-corrected chi connectivity index (χ0v) is 20.0. The average Bonchev–Trinajstić information content (AvgIpc) is 2.86. The lowest BCUT2D eigenvalue weighted by Crippen LogP contribution is -2.47. The highest BCUT2D eigenvalue weighted by atomic mass is 19.4. The van der Waals surface area contributed by atoms with E-state index in [1.54, 1.807) is 30.3 Å². The molecule has 4 rings (SSSR count). The van der Waals surface area contributed by atoms with Gasteiger partial charge in [0.15, 0.2) is 6.10 Å². The Hall–Kier alpha value is -4.55. The van der Waals surface area contributed by atoms with Crippen molar-refractivity contribution in [3.8, 4) is 5.75 Å². The number of anilines is 3. The van der Waals surface area contributed by atoms with E-state index < -0.39 is 59.4 Å². The second-order valence-electron chi connectivity index (χ2n) is 8.53. The number of nitrogens with one attached hydrogen (secondary N) is 2. The molecule has 0 saturated heterocycles. The molecule has 0 radical (unpaired) electrons. The highest BCUT2D eigenvalue weighted by Crippen LogP contribution is 2.38. The maximum Gasteiger partial charge on any atom is 0.416 e. The summed E-state index contributed by atoms with van der Waals surface area (Å²) in [6, 6.07) is 12.8. The van der Waals surface area contributed by atoms with Crippen LogP contribution in [-0.4, -0.2) is 30.4 Å². The number of alkyl halides is 6. The Kier molecular flexibility index (Phi) is 7.27. The minimum Gasteiger partial charge on any atom is -0.479 e. The van der Waals surface area contributed by atoms with Gasteiger partial charge in [-0.05, 0) is 55.5 Å². The smallest absolute Gasteiger partial charge is 0.416 e. The zero-order chi connectivity index (χ0) is 28.5. The summed E-state index contributed by atoms with van der Waals surface area (Å²) in [6.07, 6.45) is -11.2. The molecule has 0 saturated carbocycles. The van der Waals surface area contributed by atoms with Gasteiger partial charge < -0.3 is 15.4 Å². The van der Waals surface area contributed by atoms with Crippen molar-refractivity contribution in [3.63, 3.8) is 0 Å². The van der Waals surface area contributed by atoms with Gasteiger partial charge in [0.1, 0.15) is 12.3 Å². The number of para-hydroxylation sites is 1. The van der Waals surface area contributed by atoms with E-state index in [4.69, 9.17) is 4.74 Å². The molecule has 1 atom stereocenters. The van der Waals surface area contributed by atoms with Gasteiger partial charge in [-0.25, -0.2) is 0 Å². The Balaban J connectivity index is 1.61. The lowest BCUT2D eigenvalue weighted by molar-refractivity contribution is -0.143. The molecule has 0 spiro atoms. The van der Waals surface area contributed by atoms with Crippen LogP contribution in [0.25, 0.3) is 0 Å². The van der Waals surface area contributed by atoms with E-state index >= 15 is 0 Å². The van der Waals surface area contributed by atoms with Gasteiger partial charge >= 0.3 is 12.4 Å². The molecule has 0 aliphatic carbocycles. The molecule has 1 aliphatic heterocycles. The maximum atomic E-state index is 13.2. The number of fused-ring (bicyclic) bond motifs is 1. The fourth-order valence-corrected chi connectivity index (χ4v) is 3.80. The van der Waals surface area contributed by atoms with Crippen LogP contribution in [0.5, 0.6) is 5.75 Å². The predicted molar refractivity (Wildman–Crippen MR) is 128 cm³/mol. The van der Waals surface area contributed by atoms with Gasteiger partial charge in [-0.2, -0.15) is 26.3 Å². The van der Waals surface area contributed by atoms with Crippen LogP contribution in [-0.2, 0) is 21.9 Å². The van der Waals surface area contributed by atoms with Gasteiger partial charge in [-0.15, -0.1) is 0 Å². The first-order chi connectivity index (χ1) is 18.2. The Morgan fingerprint density at radius 3 is 2.05 bits per heavy atom. The fraction of sp³-hybridized carbons (Fsp3) is 0.192. The largest absolute Gasteiger partial charge is 0.479 e. The summed E-state index contributed by atoms with van der Waals surface area (Å²) in [5, 5.41) is 4.87. The Labute approximate surface area is 217 Å². The molecule has 204 valence electrons. The van der Waals surface area contributed by atoms with Crippen LogP contribution in [0.15, 0.2) is 66.7 Å². The standard InChI is InChI=1S/C26H19F6N3O4/c1-14-24(38)35(13-22(36)33-18-5-3-2-4-6-18)20-12-19(7-8-21(20)39-14)34-23(37)15-9-16(25(27,28)29)11-17(10-15)26(30,31)32/h2-12,14H,13H2,1H3,(H,33,36)(H,34,37). The van der Waals surface area contributed by atoms with E-state index in [2.05, 4.69) is 10.6 Å². The molecule has 0 bridgehead atoms. The lowest BCUT2D eigenvalue weighted by Gasteiger charge is -2.33. The molecule has 0 aromatic heterocycles. The maximum absolute atomic E-state index is 13.2. The molecule has 13 heteroatoms. The first kappa shape index (κ1) is 27.5. The Morgan fingerprint density at radius 2 is 1.46 bits per heavy atom. The molecule has 39 heavy (non-hydrogen) atoms. The minimum absolute atomic E-state index is 0.0656. The van der Waals surface area contributed by atoms with Crippen LogP contribution < -0.4 is 20.3 Å². The molecule has 1 heterocycles. The Morgan fingerprint density at radius 1 is 0.846 bits per heavy atom. The van der Waals surface area contributed by atoms with Crippen LogP contribution >= 0.6 is 0 Å². The summed E-state index contributed by atoms with van der Waals surface area (Å²) in [7, 11) is 0. The number of nitrogens with zero attached hydrogens (tertiary/aromatic N) is 1. The first-order valence-corrected chi connectivity index (χ1v) is 11.3. The first-order valence-electron chi connectivity index (χ1n) is 11.3. The predicted octanol–water partition coefficient (Wildman–Crippen LogP) is 5.73. The summed E-state index contributed by atoms with van der Waals surface area (Å²) in [4.78, 5) is 39.2. The highest BCUT2D eigenvalue weighted by Gasteiger charge is 2.38. The van der Waals surface area contributed by atoms with E-state index in [0.29, 0.717) is 17.8 Å². The van der Waals surface area contributed by atoms with Crippen molar-refractivity contribution in [2.24, 2.45) is 0 Å². The van der Waals surface area contributed by atoms with Crippen LogP contribution in [0, 0.1) is 0 Å². The normalized spacial score (nSPS) is 15.3. The molecule has 0 fully saturated rings. The number of amides is 3. The lowest BCUT2D eigenvalue weighted by atomic mass is 10.0. The third-order valence-corrected chi connectivity index (χ3v) is 5.63. The Bertz CT molecular complexity index is 1390. The monoisotopic (exact) mass is 551 g/mol. The fourth-order valence-electron chi connectivity index (χ4n) is 3.80. The van der Waals surface area contributed by atoms with Crippen LogP contribution in [0.3, 0.4) is 0 Å². The molecule has 7 nitrogen and oxygen atoms in total. The van der Waals surface area contributed by atoms with E-state index in [9.17, 15) is 40.7 Å². The molecule has 1 aliphatic rings. The van der Waals surface area contributed by atoms with Crippen LogP contribution in [0.1, 0.15) is 28.4 Å². The summed E-state index contributed by atoms with van der Waals surface area (Å²) in [6.45, 7) is 1.03. The highest BCUT2D eigenvalue weighted by molar-refractivity contribution is 6.08. The van der Waals surface area contributed by atoms with Crippen molar-refractivity contribution >= 4 is 34.8 Å². The van der Waals surface area contributed by atoms with Gasteiger partial charge in [-0.3, -0.25) is 19.3 Å². The second kappa shape index (κ2) is 10.3. The molecular formula is C26H19F6N3O4. The van der Waals surface area contributed by atoms with Crippen molar-refractivity contribution in [1.29, 1.82) is 0 Å². The van der Waals surface area contributed by atoms with Crippen molar-refractivity contribution < 1.29 is 45.5 Å². The van der Waals surface area contributed by atoms with E-state index in [0.717, 1.165) is 4.90 Å². The third-order valence-electron chi connectivity index (χ3n) is 5.63. The summed E-state index contributed by atoms with van der Waals surface area (Å²) >= 11 is 0. The number of carbonyl (C=O) groups is 3. The number of carbonyl (C=O) groups excluding carboxylic acids is 3. The van der Waals surface area contributed by atoms with Gasteiger partial charge in [0.25, 0.3) is 11.8 Å². The SMILES string of the molecule is CC1Oc2ccc(NC(=O)c3cc(C(F)(F)F)cc(C(F)(F)F)c3)cc2N(CC(=O)Nc2ccccc2)C1=O. The zero-order valence-electron chi connectivity index (χ0n) is 20.0. The third kappa shape index (κ3) is 6.30. The van der Waals surface area contributed by atoms with Gasteiger partial charge in [-0.1, -0.05) is 18.2 Å². The number of hydrogen-bond donors (Lipinski definition) is 2. The van der Waals surface area contributed by atoms with Crippen molar-refractivity contribution in [1.82, 2.24) is 0 Å². The molecule has 2 N–H and O–H groups in total. The molecular weight excluding hydrogens is 532 g/mol. The van der Waals surface area contributed by atoms with Gasteiger partial charge in [0, 0.05) is 16.9 Å². The number of hydrogen-bond acceptors (Lipinski definition) is 4. The van der Waals surface area contributed by atoms with E-state index in [1.165, 1.54) is 25.1 Å². The van der Waals surface area contributed by atoms with E-state index in [-0.39, 0.29) is 23.2 Å². The van der Waals surface area contributed by atoms with Crippen LogP contribution in [0.4, 0.5) is 43.4 Å². The summed E-state index contributed by atoms with van der Waals surface area (Å²) < 4.78 is 84.6. The second-order valence-corrected chi connectivity index (χ2v) is 8.53. The van der Waals surface area contributed by atoms with Crippen molar-refractivity contribution in [3.05, 3.63) is 83.4 Å². The van der Waals surface area contributed by atoms with Gasteiger partial charge in [0.05, 0.1) is 16.8 Å². The molecule has 1 unspecified atom stereocenters. The molecule has 3 aromatic carbocycles. The molecule has 3 aromatic rings. The van der Waals surface area contributed by atoms with Crippen LogP contribution in [0.2, 0.25) is 0 Å². The topological polar surface area (TPSA) is 87.7 Å². The number of halogens is 6. The van der Waals surface area contributed by atoms with Crippen molar-refractivity contribution in [2.75, 3.05) is 22.1 Å². The number of benzene rings is 3. The molecule has 3 amide bonds. The summed E-state index contributed by atoms with van der Waals surface area (Å²) in [5.41, 5.74) is -3.68.